The summed E-state index contributed by atoms with van der Waals surface area (Å²) < 4.78 is 4.85. The van der Waals surface area contributed by atoms with Gasteiger partial charge in [0.05, 0.1) is 6.42 Å². The van der Waals surface area contributed by atoms with Crippen LogP contribution in [0.2, 0.25) is 0 Å². The van der Waals surface area contributed by atoms with E-state index in [1.165, 1.54) is 0 Å². The van der Waals surface area contributed by atoms with E-state index in [4.69, 9.17) is 9.84 Å². The van der Waals surface area contributed by atoms with Crippen LogP contribution in [0.3, 0.4) is 0 Å². The van der Waals surface area contributed by atoms with Crippen LogP contribution in [0.5, 0.6) is 5.75 Å². The topological polar surface area (TPSA) is 75.6 Å². The molecular weight excluding hydrogens is 198 g/mol. The number of benzene rings is 1. The van der Waals surface area contributed by atoms with Crippen LogP contribution >= 0.6 is 0 Å². The molecule has 0 fully saturated rings. The summed E-state index contributed by atoms with van der Waals surface area (Å²) in [5.41, 5.74) is 0. The number of carbonyl (C=O) groups is 2. The third kappa shape index (κ3) is 4.66. The molecule has 0 aliphatic carbocycles. The molecule has 0 atom stereocenters. The number of nitrogens with one attached hydrogen (secondary N) is 1. The minimum Gasteiger partial charge on any atom is -0.481 e. The molecule has 0 spiro atoms. The molecule has 0 aliphatic rings. The summed E-state index contributed by atoms with van der Waals surface area (Å²) >= 11 is 0. The first-order chi connectivity index (χ1) is 7.18. The number of hydrogen-bond donors (Lipinski definition) is 2. The van der Waals surface area contributed by atoms with Crippen molar-refractivity contribution >= 4 is 12.1 Å². The minimum absolute atomic E-state index is 0.0565. The van der Waals surface area contributed by atoms with Crippen LogP contribution in [0, 0.1) is 0 Å². The lowest BCUT2D eigenvalue weighted by Crippen LogP contribution is -2.28. The molecule has 5 nitrogen and oxygen atoms in total. The highest BCUT2D eigenvalue weighted by Crippen LogP contribution is 2.07. The Bertz CT molecular complexity index is 337. The van der Waals surface area contributed by atoms with Crippen molar-refractivity contribution in [2.75, 3.05) is 6.54 Å². The number of ether oxygens (including phenoxy) is 1. The fraction of sp³-hybridized carbons (Fsp3) is 0.200. The van der Waals surface area contributed by atoms with Crippen LogP contribution in [0.15, 0.2) is 30.3 Å². The molecule has 1 rings (SSSR count). The van der Waals surface area contributed by atoms with Gasteiger partial charge in [-0.3, -0.25) is 4.79 Å². The van der Waals surface area contributed by atoms with E-state index in [0.717, 1.165) is 0 Å². The first-order valence-corrected chi connectivity index (χ1v) is 4.41. The van der Waals surface area contributed by atoms with Crippen molar-refractivity contribution in [3.63, 3.8) is 0 Å². The van der Waals surface area contributed by atoms with Crippen molar-refractivity contribution in [1.82, 2.24) is 5.32 Å². The highest BCUT2D eigenvalue weighted by atomic mass is 16.6. The van der Waals surface area contributed by atoms with E-state index >= 15 is 0 Å². The highest BCUT2D eigenvalue weighted by Gasteiger charge is 2.03. The second kappa shape index (κ2) is 5.64. The lowest BCUT2D eigenvalue weighted by molar-refractivity contribution is -0.136. The second-order valence-electron chi connectivity index (χ2n) is 2.77. The molecule has 15 heavy (non-hydrogen) atoms. The van der Waals surface area contributed by atoms with Crippen LogP contribution in [0.4, 0.5) is 4.79 Å². The number of amides is 1. The number of carbonyl (C=O) groups excluding carboxylic acids is 1. The molecule has 0 heterocycles. The molecule has 0 radical (unpaired) electrons. The van der Waals surface area contributed by atoms with E-state index in [0.29, 0.717) is 5.75 Å². The third-order valence-electron chi connectivity index (χ3n) is 1.56. The van der Waals surface area contributed by atoms with Gasteiger partial charge in [0, 0.05) is 6.54 Å². The molecule has 1 amide bonds. The molecule has 1 aromatic rings. The standard InChI is InChI=1S/C10H11NO4/c12-9(13)6-7-11-10(14)15-8-4-2-1-3-5-8/h1-5H,6-7H2,(H,11,14)(H,12,13). The van der Waals surface area contributed by atoms with E-state index < -0.39 is 12.1 Å². The lowest BCUT2D eigenvalue weighted by Gasteiger charge is -2.04. The Hall–Kier alpha value is -2.04. The number of rotatable bonds is 4. The van der Waals surface area contributed by atoms with Crippen LogP contribution in [0.25, 0.3) is 0 Å². The molecule has 0 unspecified atom stereocenters. The Kier molecular flexibility index (Phi) is 4.15. The Balaban J connectivity index is 2.28. The fourth-order valence-corrected chi connectivity index (χ4v) is 0.903. The molecule has 0 aromatic heterocycles. The van der Waals surface area contributed by atoms with E-state index in [2.05, 4.69) is 5.32 Å². The Morgan fingerprint density at radius 1 is 1.27 bits per heavy atom. The van der Waals surface area contributed by atoms with Crippen molar-refractivity contribution in [3.05, 3.63) is 30.3 Å². The van der Waals surface area contributed by atoms with Gasteiger partial charge in [0.1, 0.15) is 5.75 Å². The molecule has 0 saturated carbocycles. The maximum atomic E-state index is 11.1. The lowest BCUT2D eigenvalue weighted by atomic mass is 10.3. The van der Waals surface area contributed by atoms with Crippen molar-refractivity contribution in [3.8, 4) is 5.75 Å². The first-order valence-electron chi connectivity index (χ1n) is 4.41. The maximum absolute atomic E-state index is 11.1. The zero-order valence-electron chi connectivity index (χ0n) is 7.97. The molecule has 0 aliphatic heterocycles. The Morgan fingerprint density at radius 3 is 2.53 bits per heavy atom. The molecule has 2 N–H and O–H groups in total. The van der Waals surface area contributed by atoms with Gasteiger partial charge in [0.25, 0.3) is 0 Å². The zero-order chi connectivity index (χ0) is 11.1. The van der Waals surface area contributed by atoms with Gasteiger partial charge in [-0.05, 0) is 12.1 Å². The first kappa shape index (κ1) is 11.0. The van der Waals surface area contributed by atoms with E-state index in [-0.39, 0.29) is 13.0 Å². The number of hydrogen-bond acceptors (Lipinski definition) is 3. The summed E-state index contributed by atoms with van der Waals surface area (Å²) in [6.45, 7) is 0.0565. The van der Waals surface area contributed by atoms with Crippen molar-refractivity contribution < 1.29 is 19.4 Å². The molecule has 1 aromatic carbocycles. The van der Waals surface area contributed by atoms with Crippen LogP contribution < -0.4 is 10.1 Å². The van der Waals surface area contributed by atoms with Crippen molar-refractivity contribution in [1.29, 1.82) is 0 Å². The quantitative estimate of drug-likeness (QED) is 0.782. The maximum Gasteiger partial charge on any atom is 0.412 e. The van der Waals surface area contributed by atoms with E-state index in [9.17, 15) is 9.59 Å². The Labute approximate surface area is 86.7 Å². The van der Waals surface area contributed by atoms with Gasteiger partial charge in [0.2, 0.25) is 0 Å². The zero-order valence-corrected chi connectivity index (χ0v) is 7.97. The number of aliphatic carboxylic acids is 1. The van der Waals surface area contributed by atoms with Gasteiger partial charge in [0.15, 0.2) is 0 Å². The molecule has 0 bridgehead atoms. The highest BCUT2D eigenvalue weighted by molar-refractivity contribution is 5.72. The Morgan fingerprint density at radius 2 is 1.93 bits per heavy atom. The predicted octanol–water partition coefficient (Wildman–Crippen LogP) is 1.25. The summed E-state index contributed by atoms with van der Waals surface area (Å²) in [5, 5.41) is 10.6. The largest absolute Gasteiger partial charge is 0.481 e. The summed E-state index contributed by atoms with van der Waals surface area (Å²) in [6.07, 6.45) is -0.772. The summed E-state index contributed by atoms with van der Waals surface area (Å²) in [7, 11) is 0. The summed E-state index contributed by atoms with van der Waals surface area (Å²) in [6, 6.07) is 8.54. The average Bonchev–Trinajstić information content (AvgIpc) is 2.18. The van der Waals surface area contributed by atoms with Gasteiger partial charge >= 0.3 is 12.1 Å². The smallest absolute Gasteiger partial charge is 0.412 e. The number of carboxylic acids is 1. The normalized spacial score (nSPS) is 9.33. The minimum atomic E-state index is -0.963. The van der Waals surface area contributed by atoms with Gasteiger partial charge < -0.3 is 15.2 Å². The summed E-state index contributed by atoms with van der Waals surface area (Å²) in [4.78, 5) is 21.2. The molecule has 0 saturated heterocycles. The van der Waals surface area contributed by atoms with Gasteiger partial charge in [-0.25, -0.2) is 4.79 Å². The molecule has 80 valence electrons. The molecule has 5 heteroatoms. The van der Waals surface area contributed by atoms with Gasteiger partial charge in [-0.1, -0.05) is 18.2 Å². The monoisotopic (exact) mass is 209 g/mol. The SMILES string of the molecule is O=C(O)CCNC(=O)Oc1ccccc1. The predicted molar refractivity (Wildman–Crippen MR) is 52.7 cm³/mol. The van der Waals surface area contributed by atoms with E-state index in [1.807, 2.05) is 0 Å². The van der Waals surface area contributed by atoms with Gasteiger partial charge in [-0.15, -0.1) is 0 Å². The van der Waals surface area contributed by atoms with Crippen LogP contribution in [-0.2, 0) is 4.79 Å². The van der Waals surface area contributed by atoms with E-state index in [1.54, 1.807) is 30.3 Å². The third-order valence-corrected chi connectivity index (χ3v) is 1.56. The number of carboxylic acid groups (broad SMARTS) is 1. The summed E-state index contributed by atoms with van der Waals surface area (Å²) in [5.74, 6) is -0.541. The second-order valence-corrected chi connectivity index (χ2v) is 2.77. The number of para-hydroxylation sites is 1. The van der Waals surface area contributed by atoms with Gasteiger partial charge in [-0.2, -0.15) is 0 Å². The van der Waals surface area contributed by atoms with Crippen molar-refractivity contribution in [2.45, 2.75) is 6.42 Å². The van der Waals surface area contributed by atoms with Crippen LogP contribution in [0.1, 0.15) is 6.42 Å². The molecular formula is C10H11NO4. The van der Waals surface area contributed by atoms with Crippen molar-refractivity contribution in [2.24, 2.45) is 0 Å². The average molecular weight is 209 g/mol. The van der Waals surface area contributed by atoms with Crippen LogP contribution in [-0.4, -0.2) is 23.7 Å². The fourth-order valence-electron chi connectivity index (χ4n) is 0.903.